The van der Waals surface area contributed by atoms with Crippen LogP contribution in [0.3, 0.4) is 0 Å². The van der Waals surface area contributed by atoms with Gasteiger partial charge in [0.05, 0.1) is 5.56 Å². The number of anilines is 2. The molecule has 4 fully saturated rings. The van der Waals surface area contributed by atoms with Gasteiger partial charge in [0.25, 0.3) is 5.91 Å². The molecule has 7 heteroatoms. The number of nitrogens with zero attached hydrogens (tertiary/aromatic N) is 2. The van der Waals surface area contributed by atoms with Crippen molar-refractivity contribution in [2.75, 3.05) is 10.6 Å². The lowest BCUT2D eigenvalue weighted by atomic mass is 9.77. The van der Waals surface area contributed by atoms with Crippen molar-refractivity contribution in [3.8, 4) is 0 Å². The lowest BCUT2D eigenvalue weighted by molar-refractivity contribution is 0.1000. The van der Waals surface area contributed by atoms with Crippen molar-refractivity contribution in [2.24, 2.45) is 11.7 Å². The second kappa shape index (κ2) is 6.55. The molecule has 5 rings (SSSR count). The Morgan fingerprint density at radius 2 is 1.96 bits per heavy atom. The second-order valence-electron chi connectivity index (χ2n) is 7.52. The molecule has 1 aromatic rings. The van der Waals surface area contributed by atoms with Gasteiger partial charge in [-0.2, -0.15) is 4.98 Å². The minimum Gasteiger partial charge on any atom is -0.412 e. The van der Waals surface area contributed by atoms with E-state index in [1.165, 1.54) is 38.5 Å². The molecule has 132 valence electrons. The lowest BCUT2D eigenvalue weighted by Crippen LogP contribution is -2.43. The van der Waals surface area contributed by atoms with Gasteiger partial charge in [-0.25, -0.2) is 4.98 Å². The number of rotatable bonds is 5. The molecule has 6 N–H and O–H groups in total. The maximum Gasteiger partial charge on any atom is 0.254 e. The zero-order valence-electron chi connectivity index (χ0n) is 14.0. The molecule has 0 spiro atoms. The highest BCUT2D eigenvalue weighted by Gasteiger charge is 2.50. The van der Waals surface area contributed by atoms with Crippen LogP contribution in [-0.2, 0) is 0 Å². The maximum absolute atomic E-state index is 11.7. The average molecular weight is 333 g/mol. The number of primary amides is 1. The third-order valence-corrected chi connectivity index (χ3v) is 5.77. The summed E-state index contributed by atoms with van der Waals surface area (Å²) in [6, 6.07) is 0.439. The van der Waals surface area contributed by atoms with E-state index in [0.29, 0.717) is 23.4 Å². The van der Waals surface area contributed by atoms with Crippen LogP contribution in [-0.4, -0.2) is 32.9 Å². The fourth-order valence-corrected chi connectivity index (χ4v) is 4.51. The van der Waals surface area contributed by atoms with Crippen molar-refractivity contribution < 1.29 is 10.3 Å². The van der Waals surface area contributed by atoms with Gasteiger partial charge < -0.3 is 21.8 Å². The predicted molar refractivity (Wildman–Crippen MR) is 93.0 cm³/mol. The first-order valence-corrected chi connectivity index (χ1v) is 8.85. The van der Waals surface area contributed by atoms with Crippen LogP contribution in [0.1, 0.15) is 68.1 Å². The van der Waals surface area contributed by atoms with E-state index in [2.05, 4.69) is 20.6 Å². The molecule has 0 saturated heterocycles. The highest BCUT2D eigenvalue weighted by molar-refractivity contribution is 5.97. The van der Waals surface area contributed by atoms with Crippen LogP contribution in [0.2, 0.25) is 0 Å². The zero-order valence-corrected chi connectivity index (χ0v) is 14.0. The lowest BCUT2D eigenvalue weighted by Gasteiger charge is -2.40. The predicted octanol–water partition coefficient (Wildman–Crippen LogP) is 1.85. The Bertz CT molecular complexity index is 603. The number of hydrogen-bond acceptors (Lipinski definition) is 5. The first-order valence-electron chi connectivity index (χ1n) is 8.85. The Hall–Kier alpha value is -1.89. The van der Waals surface area contributed by atoms with E-state index in [9.17, 15) is 4.79 Å². The molecular weight excluding hydrogens is 306 g/mol. The van der Waals surface area contributed by atoms with Crippen molar-refractivity contribution in [1.82, 2.24) is 9.97 Å². The summed E-state index contributed by atoms with van der Waals surface area (Å²) in [5.74, 6) is 1.59. The van der Waals surface area contributed by atoms with Crippen LogP contribution in [0.25, 0.3) is 0 Å². The van der Waals surface area contributed by atoms with Gasteiger partial charge in [0.15, 0.2) is 0 Å². The normalized spacial score (nSPS) is 28.6. The maximum atomic E-state index is 11.7. The van der Waals surface area contributed by atoms with E-state index < -0.39 is 5.91 Å². The largest absolute Gasteiger partial charge is 0.412 e. The number of nitrogens with two attached hydrogens (primary N) is 1. The van der Waals surface area contributed by atoms with Crippen LogP contribution in [0, 0.1) is 5.92 Å². The van der Waals surface area contributed by atoms with Crippen LogP contribution in [0.4, 0.5) is 11.8 Å². The van der Waals surface area contributed by atoms with Crippen molar-refractivity contribution in [1.29, 1.82) is 0 Å². The molecule has 4 aliphatic carbocycles. The van der Waals surface area contributed by atoms with Crippen molar-refractivity contribution in [3.63, 3.8) is 0 Å². The quantitative estimate of drug-likeness (QED) is 0.758. The van der Waals surface area contributed by atoms with E-state index in [1.807, 2.05) is 0 Å². The van der Waals surface area contributed by atoms with Gasteiger partial charge in [0.1, 0.15) is 5.82 Å². The van der Waals surface area contributed by atoms with Crippen LogP contribution in [0.15, 0.2) is 6.20 Å². The number of amides is 1. The highest BCUT2D eigenvalue weighted by Crippen LogP contribution is 2.53. The van der Waals surface area contributed by atoms with E-state index in [-0.39, 0.29) is 11.0 Å². The van der Waals surface area contributed by atoms with Crippen LogP contribution < -0.4 is 16.4 Å². The standard InChI is InChI=1S/C17H25N5O.H2O/c18-14(23)13-10-19-16(20-12-4-2-1-3-5-12)21-15(13)22-17-7-6-11(8-17)9-17;/h10-12H,1-9H2,(H2,18,23)(H2,19,20,21,22);1H2. The summed E-state index contributed by atoms with van der Waals surface area (Å²) in [5.41, 5.74) is 6.02. The minimum atomic E-state index is -0.470. The van der Waals surface area contributed by atoms with Crippen molar-refractivity contribution in [2.45, 2.75) is 69.4 Å². The number of hydrogen-bond donors (Lipinski definition) is 3. The number of fused-ring (bicyclic) bond motifs is 1. The Balaban J connectivity index is 0.00000169. The fraction of sp³-hybridized carbons (Fsp3) is 0.706. The SMILES string of the molecule is NC(=O)c1cnc(NC2CCCCC2)nc1NC12CCC(C1)C2.O. The molecule has 1 heterocycles. The number of nitrogens with one attached hydrogen (secondary N) is 2. The van der Waals surface area contributed by atoms with Gasteiger partial charge in [0.2, 0.25) is 5.95 Å². The zero-order chi connectivity index (χ0) is 15.9. The van der Waals surface area contributed by atoms with Crippen LogP contribution in [0.5, 0.6) is 0 Å². The molecule has 0 aliphatic heterocycles. The molecule has 24 heavy (non-hydrogen) atoms. The smallest absolute Gasteiger partial charge is 0.254 e. The number of aromatic nitrogens is 2. The first-order chi connectivity index (χ1) is 11.1. The highest BCUT2D eigenvalue weighted by atomic mass is 16.1. The molecular formula is C17H27N5O2. The number of carbonyl (C=O) groups is 1. The fourth-order valence-electron chi connectivity index (χ4n) is 4.51. The van der Waals surface area contributed by atoms with Gasteiger partial charge >= 0.3 is 0 Å². The van der Waals surface area contributed by atoms with E-state index in [1.54, 1.807) is 6.20 Å². The summed E-state index contributed by atoms with van der Waals surface area (Å²) in [5, 5.41) is 6.94. The summed E-state index contributed by atoms with van der Waals surface area (Å²) in [6.07, 6.45) is 12.5. The molecule has 0 radical (unpaired) electrons. The number of carbonyl (C=O) groups excluding carboxylic acids is 1. The second-order valence-corrected chi connectivity index (χ2v) is 7.52. The Morgan fingerprint density at radius 1 is 1.21 bits per heavy atom. The van der Waals surface area contributed by atoms with Crippen molar-refractivity contribution >= 4 is 17.7 Å². The van der Waals surface area contributed by atoms with E-state index in [4.69, 9.17) is 5.73 Å². The molecule has 7 nitrogen and oxygen atoms in total. The minimum absolute atomic E-state index is 0. The van der Waals surface area contributed by atoms with Crippen molar-refractivity contribution in [3.05, 3.63) is 11.8 Å². The average Bonchev–Trinajstić information content (AvgIpc) is 3.08. The van der Waals surface area contributed by atoms with Gasteiger partial charge in [-0.05, 0) is 44.4 Å². The Kier molecular flexibility index (Phi) is 4.62. The van der Waals surface area contributed by atoms with E-state index >= 15 is 0 Å². The van der Waals surface area contributed by atoms with Gasteiger partial charge in [0, 0.05) is 17.8 Å². The molecule has 2 bridgehead atoms. The topological polar surface area (TPSA) is 124 Å². The molecule has 0 aromatic carbocycles. The summed E-state index contributed by atoms with van der Waals surface area (Å²) in [7, 11) is 0. The monoisotopic (exact) mass is 333 g/mol. The first kappa shape index (κ1) is 17.0. The Labute approximate surface area is 142 Å². The van der Waals surface area contributed by atoms with Gasteiger partial charge in [-0.3, -0.25) is 4.79 Å². The summed E-state index contributed by atoms with van der Waals surface area (Å²) in [4.78, 5) is 20.6. The van der Waals surface area contributed by atoms with Gasteiger partial charge in [-0.15, -0.1) is 0 Å². The van der Waals surface area contributed by atoms with E-state index in [0.717, 1.165) is 25.2 Å². The summed E-state index contributed by atoms with van der Waals surface area (Å²) in [6.45, 7) is 0. The molecule has 1 amide bonds. The molecule has 0 unspecified atom stereocenters. The molecule has 4 aliphatic rings. The molecule has 4 saturated carbocycles. The van der Waals surface area contributed by atoms with Gasteiger partial charge in [-0.1, -0.05) is 19.3 Å². The van der Waals surface area contributed by atoms with Crippen LogP contribution >= 0.6 is 0 Å². The Morgan fingerprint density at radius 3 is 2.58 bits per heavy atom. The summed E-state index contributed by atoms with van der Waals surface area (Å²) >= 11 is 0. The molecule has 1 aromatic heterocycles. The summed E-state index contributed by atoms with van der Waals surface area (Å²) < 4.78 is 0. The third kappa shape index (κ3) is 3.17. The third-order valence-electron chi connectivity index (χ3n) is 5.77. The molecule has 0 atom stereocenters.